The fraction of sp³-hybridized carbons (Fsp3) is 0.214. The van der Waals surface area contributed by atoms with Gasteiger partial charge in [0.15, 0.2) is 4.96 Å². The molecule has 0 aliphatic rings. The summed E-state index contributed by atoms with van der Waals surface area (Å²) in [5.74, 6) is 0. The highest BCUT2D eigenvalue weighted by atomic mass is 35.5. The Hall–Kier alpha value is -1.23. The number of hydrogen-bond donors (Lipinski definition) is 1. The van der Waals surface area contributed by atoms with Crippen LogP contribution in [0.3, 0.4) is 0 Å². The summed E-state index contributed by atoms with van der Waals surface area (Å²) < 4.78 is 2.09. The molecule has 2 heterocycles. The molecule has 0 aliphatic carbocycles. The van der Waals surface area contributed by atoms with Gasteiger partial charge < -0.3 is 5.32 Å². The predicted octanol–water partition coefficient (Wildman–Crippen LogP) is 4.93. The Morgan fingerprint density at radius 3 is 2.85 bits per heavy atom. The number of thiazole rings is 1. The van der Waals surface area contributed by atoms with E-state index in [-0.39, 0.29) is 0 Å². The minimum absolute atomic E-state index is 0.656. The third-order valence-corrected chi connectivity index (χ3v) is 4.73. The Morgan fingerprint density at radius 1 is 1.25 bits per heavy atom. The zero-order chi connectivity index (χ0) is 14.3. The first kappa shape index (κ1) is 13.7. The fourth-order valence-electron chi connectivity index (χ4n) is 2.11. The third-order valence-electron chi connectivity index (χ3n) is 3.26. The average Bonchev–Trinajstić information content (AvgIpc) is 2.93. The van der Waals surface area contributed by atoms with Gasteiger partial charge in [-0.2, -0.15) is 0 Å². The smallest absolute Gasteiger partial charge is 0.194 e. The second kappa shape index (κ2) is 5.28. The molecule has 0 radical (unpaired) electrons. The second-order valence-electron chi connectivity index (χ2n) is 4.63. The van der Waals surface area contributed by atoms with Gasteiger partial charge in [-0.15, -0.1) is 11.3 Å². The number of anilines is 1. The van der Waals surface area contributed by atoms with E-state index in [4.69, 9.17) is 23.2 Å². The van der Waals surface area contributed by atoms with E-state index in [0.29, 0.717) is 16.6 Å². The summed E-state index contributed by atoms with van der Waals surface area (Å²) in [5.41, 5.74) is 3.97. The monoisotopic (exact) mass is 325 g/mol. The number of aromatic nitrogens is 2. The molecule has 0 amide bonds. The van der Waals surface area contributed by atoms with Gasteiger partial charge in [0.25, 0.3) is 0 Å². The van der Waals surface area contributed by atoms with E-state index in [9.17, 15) is 0 Å². The molecular weight excluding hydrogens is 313 g/mol. The van der Waals surface area contributed by atoms with Crippen LogP contribution in [0.2, 0.25) is 10.0 Å². The summed E-state index contributed by atoms with van der Waals surface area (Å²) in [5, 5.41) is 6.75. The summed E-state index contributed by atoms with van der Waals surface area (Å²) >= 11 is 14.0. The van der Waals surface area contributed by atoms with Gasteiger partial charge in [-0.25, -0.2) is 4.98 Å². The highest BCUT2D eigenvalue weighted by Crippen LogP contribution is 2.29. The largest absolute Gasteiger partial charge is 0.378 e. The van der Waals surface area contributed by atoms with E-state index in [1.165, 1.54) is 0 Å². The Morgan fingerprint density at radius 2 is 2.05 bits per heavy atom. The zero-order valence-electron chi connectivity index (χ0n) is 11.1. The molecule has 0 bridgehead atoms. The normalized spacial score (nSPS) is 11.2. The number of rotatable bonds is 3. The highest BCUT2D eigenvalue weighted by Gasteiger charge is 2.10. The van der Waals surface area contributed by atoms with Crippen molar-refractivity contribution in [3.8, 4) is 0 Å². The predicted molar refractivity (Wildman–Crippen MR) is 86.3 cm³/mol. The van der Waals surface area contributed by atoms with Crippen molar-refractivity contribution in [3.63, 3.8) is 0 Å². The number of nitrogens with zero attached hydrogens (tertiary/aromatic N) is 2. The quantitative estimate of drug-likeness (QED) is 0.739. The Balaban J connectivity index is 1.88. The van der Waals surface area contributed by atoms with Crippen LogP contribution in [0, 0.1) is 13.8 Å². The van der Waals surface area contributed by atoms with Gasteiger partial charge in [-0.3, -0.25) is 4.40 Å². The van der Waals surface area contributed by atoms with Gasteiger partial charge in [-0.05, 0) is 31.5 Å². The van der Waals surface area contributed by atoms with Gasteiger partial charge in [0.05, 0.1) is 28.6 Å². The second-order valence-corrected chi connectivity index (χ2v) is 6.32. The van der Waals surface area contributed by atoms with Crippen LogP contribution in [0.4, 0.5) is 5.69 Å². The first-order chi connectivity index (χ1) is 9.56. The Bertz CT molecular complexity index is 776. The van der Waals surface area contributed by atoms with E-state index < -0.39 is 0 Å². The molecule has 3 nitrogen and oxygen atoms in total. The van der Waals surface area contributed by atoms with Crippen LogP contribution in [0.15, 0.2) is 23.7 Å². The number of fused-ring (bicyclic) bond motifs is 1. The molecule has 6 heteroatoms. The molecule has 20 heavy (non-hydrogen) atoms. The lowest BCUT2D eigenvalue weighted by molar-refractivity contribution is 0.994. The van der Waals surface area contributed by atoms with Gasteiger partial charge in [0.2, 0.25) is 0 Å². The number of benzene rings is 1. The lowest BCUT2D eigenvalue weighted by Crippen LogP contribution is -2.04. The molecule has 3 rings (SSSR count). The lowest BCUT2D eigenvalue weighted by Gasteiger charge is -2.10. The molecular formula is C14H13Cl2N3S. The summed E-state index contributed by atoms with van der Waals surface area (Å²) in [6, 6.07) is 3.73. The van der Waals surface area contributed by atoms with Crippen LogP contribution in [-0.4, -0.2) is 9.38 Å². The van der Waals surface area contributed by atoms with Crippen LogP contribution in [0.1, 0.15) is 17.0 Å². The summed E-state index contributed by atoms with van der Waals surface area (Å²) in [7, 11) is 0. The van der Waals surface area contributed by atoms with Gasteiger partial charge in [0.1, 0.15) is 0 Å². The van der Waals surface area contributed by atoms with Crippen molar-refractivity contribution in [2.24, 2.45) is 0 Å². The molecule has 0 atom stereocenters. The van der Waals surface area contributed by atoms with Crippen LogP contribution >= 0.6 is 34.5 Å². The van der Waals surface area contributed by atoms with Crippen LogP contribution < -0.4 is 5.32 Å². The fourth-order valence-corrected chi connectivity index (χ4v) is 3.34. The van der Waals surface area contributed by atoms with Crippen molar-refractivity contribution in [1.82, 2.24) is 9.38 Å². The number of aryl methyl sites for hydroxylation is 2. The molecule has 2 aromatic heterocycles. The van der Waals surface area contributed by atoms with Crippen molar-refractivity contribution >= 4 is 45.2 Å². The molecule has 104 valence electrons. The zero-order valence-corrected chi connectivity index (χ0v) is 13.4. The van der Waals surface area contributed by atoms with Gasteiger partial charge in [0, 0.05) is 16.6 Å². The van der Waals surface area contributed by atoms with Crippen molar-refractivity contribution in [3.05, 3.63) is 50.7 Å². The van der Waals surface area contributed by atoms with Crippen molar-refractivity contribution in [2.45, 2.75) is 20.4 Å². The van der Waals surface area contributed by atoms with E-state index in [2.05, 4.69) is 14.7 Å². The maximum atomic E-state index is 6.24. The molecule has 0 saturated heterocycles. The first-order valence-electron chi connectivity index (χ1n) is 6.17. The SMILES string of the molecule is Cc1cc(Cl)c(NCc2c(C)nc3sccn23)cc1Cl. The van der Waals surface area contributed by atoms with Crippen molar-refractivity contribution < 1.29 is 0 Å². The van der Waals surface area contributed by atoms with E-state index in [1.807, 2.05) is 37.6 Å². The Kier molecular flexibility index (Phi) is 3.63. The van der Waals surface area contributed by atoms with Crippen molar-refractivity contribution in [1.29, 1.82) is 0 Å². The van der Waals surface area contributed by atoms with Crippen LogP contribution in [-0.2, 0) is 6.54 Å². The maximum Gasteiger partial charge on any atom is 0.194 e. The standard InChI is InChI=1S/C14H13Cl2N3S/c1-8-5-11(16)12(6-10(8)15)17-7-13-9(2)18-14-19(13)3-4-20-14/h3-6,17H,7H2,1-2H3. The average molecular weight is 326 g/mol. The van der Waals surface area contributed by atoms with Crippen molar-refractivity contribution in [2.75, 3.05) is 5.32 Å². The highest BCUT2D eigenvalue weighted by molar-refractivity contribution is 7.15. The summed E-state index contributed by atoms with van der Waals surface area (Å²) in [6.45, 7) is 4.61. The first-order valence-corrected chi connectivity index (χ1v) is 7.80. The molecule has 0 saturated carbocycles. The summed E-state index contributed by atoms with van der Waals surface area (Å²) in [4.78, 5) is 5.53. The van der Waals surface area contributed by atoms with E-state index in [0.717, 1.165) is 27.6 Å². The molecule has 0 unspecified atom stereocenters. The summed E-state index contributed by atoms with van der Waals surface area (Å²) in [6.07, 6.45) is 2.03. The number of imidazole rings is 1. The molecule has 0 aliphatic heterocycles. The third kappa shape index (κ3) is 2.39. The topological polar surface area (TPSA) is 29.3 Å². The van der Waals surface area contributed by atoms with Gasteiger partial charge in [-0.1, -0.05) is 23.2 Å². The lowest BCUT2D eigenvalue weighted by atomic mass is 10.2. The molecule has 0 spiro atoms. The van der Waals surface area contributed by atoms with E-state index in [1.54, 1.807) is 11.3 Å². The minimum Gasteiger partial charge on any atom is -0.378 e. The molecule has 3 aromatic rings. The number of hydrogen-bond acceptors (Lipinski definition) is 3. The molecule has 1 aromatic carbocycles. The van der Waals surface area contributed by atoms with E-state index >= 15 is 0 Å². The molecule has 1 N–H and O–H groups in total. The van der Waals surface area contributed by atoms with Gasteiger partial charge >= 0.3 is 0 Å². The minimum atomic E-state index is 0.656. The number of halogens is 2. The van der Waals surface area contributed by atoms with Crippen LogP contribution in [0.25, 0.3) is 4.96 Å². The number of nitrogens with one attached hydrogen (secondary N) is 1. The van der Waals surface area contributed by atoms with Crippen LogP contribution in [0.5, 0.6) is 0 Å². The molecule has 0 fully saturated rings. The maximum absolute atomic E-state index is 6.24. The Labute approximate surface area is 131 Å².